The minimum Gasteiger partial charge on any atom is -0.347 e. The molecule has 0 atom stereocenters. The van der Waals surface area contributed by atoms with E-state index < -0.39 is 0 Å². The van der Waals surface area contributed by atoms with E-state index in [1.54, 1.807) is 0 Å². The molecule has 1 aliphatic rings. The molecule has 104 valence electrons. The summed E-state index contributed by atoms with van der Waals surface area (Å²) in [5.41, 5.74) is 3.84. The van der Waals surface area contributed by atoms with Crippen LogP contribution in [0.2, 0.25) is 0 Å². The van der Waals surface area contributed by atoms with Crippen molar-refractivity contribution in [1.82, 2.24) is 14.9 Å². The van der Waals surface area contributed by atoms with Crippen molar-refractivity contribution >= 4 is 12.2 Å². The molecule has 20 heavy (non-hydrogen) atoms. The third kappa shape index (κ3) is 2.81. The predicted octanol–water partition coefficient (Wildman–Crippen LogP) is 3.26. The summed E-state index contributed by atoms with van der Waals surface area (Å²) in [7, 11) is 0. The number of hydrogen-bond acceptors (Lipinski definition) is 3. The van der Waals surface area contributed by atoms with Crippen LogP contribution in [0.3, 0.4) is 0 Å². The Morgan fingerprint density at radius 2 is 2.10 bits per heavy atom. The number of hydrogen-bond donors (Lipinski definition) is 1. The summed E-state index contributed by atoms with van der Waals surface area (Å²) in [6, 6.07) is 10.6. The van der Waals surface area contributed by atoms with E-state index in [1.807, 2.05) is 0 Å². The second-order valence-electron chi connectivity index (χ2n) is 5.25. The largest absolute Gasteiger partial charge is 0.347 e. The van der Waals surface area contributed by atoms with E-state index in [1.165, 1.54) is 16.8 Å². The zero-order valence-electron chi connectivity index (χ0n) is 11.7. The Kier molecular flexibility index (Phi) is 3.94. The lowest BCUT2D eigenvalue weighted by atomic mass is 10.1. The molecule has 1 aromatic heterocycles. The summed E-state index contributed by atoms with van der Waals surface area (Å²) < 4.78 is 0.772. The Hall–Kier alpha value is -1.52. The molecule has 4 heteroatoms. The maximum absolute atomic E-state index is 5.45. The van der Waals surface area contributed by atoms with Crippen molar-refractivity contribution in [2.45, 2.75) is 32.9 Å². The van der Waals surface area contributed by atoms with Crippen LogP contribution in [0.15, 0.2) is 30.3 Å². The number of aryl methyl sites for hydroxylation is 1. The summed E-state index contributed by atoms with van der Waals surface area (Å²) in [6.45, 7) is 5.05. The molecular formula is C16H19N3S. The molecule has 0 radical (unpaired) electrons. The number of nitrogens with zero attached hydrogens (tertiary/aromatic N) is 2. The Morgan fingerprint density at radius 1 is 1.30 bits per heavy atom. The Labute approximate surface area is 124 Å². The molecule has 0 aliphatic carbocycles. The minimum absolute atomic E-state index is 0.772. The van der Waals surface area contributed by atoms with Crippen LogP contribution in [0.5, 0.6) is 0 Å². The van der Waals surface area contributed by atoms with E-state index >= 15 is 0 Å². The van der Waals surface area contributed by atoms with Gasteiger partial charge in [-0.3, -0.25) is 4.90 Å². The molecule has 0 unspecified atom stereocenters. The number of H-pyrrole nitrogens is 1. The Balaban J connectivity index is 1.80. The predicted molar refractivity (Wildman–Crippen MR) is 83.1 cm³/mol. The fourth-order valence-electron chi connectivity index (χ4n) is 2.69. The molecule has 0 saturated carbocycles. The number of benzene rings is 1. The van der Waals surface area contributed by atoms with Crippen LogP contribution < -0.4 is 0 Å². The molecule has 0 amide bonds. The minimum atomic E-state index is 0.772. The van der Waals surface area contributed by atoms with Crippen LogP contribution in [0.1, 0.15) is 29.6 Å². The van der Waals surface area contributed by atoms with E-state index in [4.69, 9.17) is 12.2 Å². The first-order valence-corrected chi connectivity index (χ1v) is 7.54. The van der Waals surface area contributed by atoms with Gasteiger partial charge in [0.15, 0.2) is 0 Å². The van der Waals surface area contributed by atoms with Crippen molar-refractivity contribution in [3.05, 3.63) is 57.6 Å². The van der Waals surface area contributed by atoms with Crippen LogP contribution in [0, 0.1) is 4.64 Å². The van der Waals surface area contributed by atoms with Crippen molar-refractivity contribution in [3.63, 3.8) is 0 Å². The zero-order valence-corrected chi connectivity index (χ0v) is 12.5. The van der Waals surface area contributed by atoms with Gasteiger partial charge in [0.2, 0.25) is 0 Å². The molecule has 0 bridgehead atoms. The van der Waals surface area contributed by atoms with Gasteiger partial charge in [-0.05, 0) is 5.56 Å². The third-order valence-corrected chi connectivity index (χ3v) is 4.14. The monoisotopic (exact) mass is 285 g/mol. The lowest BCUT2D eigenvalue weighted by Crippen LogP contribution is -2.31. The van der Waals surface area contributed by atoms with Gasteiger partial charge in [0.1, 0.15) is 10.5 Å². The highest BCUT2D eigenvalue weighted by molar-refractivity contribution is 7.71. The first-order chi connectivity index (χ1) is 9.76. The highest BCUT2D eigenvalue weighted by Crippen LogP contribution is 2.20. The standard InChI is InChI=1S/C16H19N3S/c1-2-15-17-14-8-9-19(11-13(14)16(20)18-15)10-12-6-4-3-5-7-12/h3-7H,2,8-11H2,1H3,(H,17,18,20). The molecule has 0 saturated heterocycles. The van der Waals surface area contributed by atoms with Crippen molar-refractivity contribution in [2.75, 3.05) is 6.54 Å². The second-order valence-corrected chi connectivity index (χ2v) is 5.63. The maximum Gasteiger partial charge on any atom is 0.134 e. The molecule has 1 aliphatic heterocycles. The normalized spacial score (nSPS) is 15.1. The third-order valence-electron chi connectivity index (χ3n) is 3.80. The van der Waals surface area contributed by atoms with Gasteiger partial charge in [-0.2, -0.15) is 0 Å². The van der Waals surface area contributed by atoms with Gasteiger partial charge in [0.05, 0.1) is 0 Å². The summed E-state index contributed by atoms with van der Waals surface area (Å²) in [6.07, 6.45) is 1.94. The van der Waals surface area contributed by atoms with Crippen molar-refractivity contribution in [1.29, 1.82) is 0 Å². The summed E-state index contributed by atoms with van der Waals surface area (Å²) in [5, 5.41) is 0. The lowest BCUT2D eigenvalue weighted by molar-refractivity contribution is 0.242. The SMILES string of the molecule is CCc1nc(=S)c2c([nH]1)CCN(Cc1ccccc1)C2. The number of aromatic amines is 1. The average molecular weight is 285 g/mol. The molecule has 1 N–H and O–H groups in total. The summed E-state index contributed by atoms with van der Waals surface area (Å²) >= 11 is 5.45. The van der Waals surface area contributed by atoms with Crippen molar-refractivity contribution < 1.29 is 0 Å². The van der Waals surface area contributed by atoms with Gasteiger partial charge in [0, 0.05) is 43.7 Å². The summed E-state index contributed by atoms with van der Waals surface area (Å²) in [4.78, 5) is 10.4. The van der Waals surface area contributed by atoms with Crippen LogP contribution in [-0.4, -0.2) is 21.4 Å². The van der Waals surface area contributed by atoms with Gasteiger partial charge in [0.25, 0.3) is 0 Å². The van der Waals surface area contributed by atoms with Crippen molar-refractivity contribution in [3.8, 4) is 0 Å². The zero-order chi connectivity index (χ0) is 13.9. The molecule has 3 rings (SSSR count). The van der Waals surface area contributed by atoms with Crippen molar-refractivity contribution in [2.24, 2.45) is 0 Å². The topological polar surface area (TPSA) is 31.9 Å². The first-order valence-electron chi connectivity index (χ1n) is 7.13. The molecule has 2 aromatic rings. The smallest absolute Gasteiger partial charge is 0.134 e. The Bertz CT molecular complexity index is 649. The molecule has 0 spiro atoms. The highest BCUT2D eigenvalue weighted by atomic mass is 32.1. The second kappa shape index (κ2) is 5.85. The first kappa shape index (κ1) is 13.5. The van der Waals surface area contributed by atoms with Gasteiger partial charge in [-0.1, -0.05) is 49.5 Å². The van der Waals surface area contributed by atoms with E-state index in [2.05, 4.69) is 52.1 Å². The van der Waals surface area contributed by atoms with Crippen LogP contribution in [0.4, 0.5) is 0 Å². The molecule has 2 heterocycles. The fourth-order valence-corrected chi connectivity index (χ4v) is 2.99. The molecular weight excluding hydrogens is 266 g/mol. The number of rotatable bonds is 3. The van der Waals surface area contributed by atoms with E-state index in [0.29, 0.717) is 0 Å². The van der Waals surface area contributed by atoms with Gasteiger partial charge < -0.3 is 4.98 Å². The fraction of sp³-hybridized carbons (Fsp3) is 0.375. The van der Waals surface area contributed by atoms with Crippen LogP contribution >= 0.6 is 12.2 Å². The van der Waals surface area contributed by atoms with E-state index in [0.717, 1.165) is 42.9 Å². The molecule has 3 nitrogen and oxygen atoms in total. The Morgan fingerprint density at radius 3 is 2.85 bits per heavy atom. The quantitative estimate of drug-likeness (QED) is 0.878. The molecule has 1 aromatic carbocycles. The van der Waals surface area contributed by atoms with Crippen LogP contribution in [-0.2, 0) is 25.9 Å². The number of aromatic nitrogens is 2. The molecule has 0 fully saturated rings. The van der Waals surface area contributed by atoms with Gasteiger partial charge >= 0.3 is 0 Å². The van der Waals surface area contributed by atoms with Gasteiger partial charge in [-0.25, -0.2) is 4.98 Å². The number of nitrogens with one attached hydrogen (secondary N) is 1. The summed E-state index contributed by atoms with van der Waals surface area (Å²) in [5.74, 6) is 1.00. The highest BCUT2D eigenvalue weighted by Gasteiger charge is 2.19. The van der Waals surface area contributed by atoms with Gasteiger partial charge in [-0.15, -0.1) is 0 Å². The number of fused-ring (bicyclic) bond motifs is 1. The average Bonchev–Trinajstić information content (AvgIpc) is 2.48. The lowest BCUT2D eigenvalue weighted by Gasteiger charge is -2.28. The van der Waals surface area contributed by atoms with E-state index in [9.17, 15) is 0 Å². The van der Waals surface area contributed by atoms with Crippen LogP contribution in [0.25, 0.3) is 0 Å². The van der Waals surface area contributed by atoms with E-state index in [-0.39, 0.29) is 0 Å². The maximum atomic E-state index is 5.45.